The van der Waals surface area contributed by atoms with Gasteiger partial charge >= 0.3 is 0 Å². The second kappa shape index (κ2) is 9.38. The summed E-state index contributed by atoms with van der Waals surface area (Å²) in [7, 11) is 0. The Morgan fingerprint density at radius 2 is 1.96 bits per heavy atom. The van der Waals surface area contributed by atoms with Gasteiger partial charge in [-0.3, -0.25) is 4.79 Å². The fraction of sp³-hybridized carbons (Fsp3) is 0.500. The molecule has 0 radical (unpaired) electrons. The van der Waals surface area contributed by atoms with Crippen molar-refractivity contribution in [3.8, 4) is 0 Å². The number of anilines is 1. The molecule has 26 heavy (non-hydrogen) atoms. The molecule has 142 valence electrons. The minimum Gasteiger partial charge on any atom is -0.360 e. The van der Waals surface area contributed by atoms with Crippen molar-refractivity contribution in [2.75, 3.05) is 31.5 Å². The van der Waals surface area contributed by atoms with Crippen molar-refractivity contribution in [1.29, 1.82) is 0 Å². The zero-order chi connectivity index (χ0) is 19.0. The van der Waals surface area contributed by atoms with E-state index in [2.05, 4.69) is 37.3 Å². The van der Waals surface area contributed by atoms with Gasteiger partial charge in [0.25, 0.3) is 0 Å². The third kappa shape index (κ3) is 6.87. The molecule has 0 aliphatic heterocycles. The van der Waals surface area contributed by atoms with Crippen LogP contribution in [0.3, 0.4) is 0 Å². The second-order valence-electron chi connectivity index (χ2n) is 6.83. The second-order valence-corrected chi connectivity index (χ2v) is 7.86. The van der Waals surface area contributed by atoms with Gasteiger partial charge in [0, 0.05) is 25.2 Å². The molecule has 0 spiro atoms. The molecule has 0 aliphatic rings. The zero-order valence-electron chi connectivity index (χ0n) is 15.8. The van der Waals surface area contributed by atoms with Gasteiger partial charge in [0.2, 0.25) is 5.91 Å². The van der Waals surface area contributed by atoms with Crippen molar-refractivity contribution in [3.63, 3.8) is 0 Å². The lowest BCUT2D eigenvalue weighted by atomic mass is 10.1. The maximum atomic E-state index is 11.9. The number of hydrogen-bond acceptors (Lipinski definition) is 5. The van der Waals surface area contributed by atoms with Crippen molar-refractivity contribution in [2.45, 2.75) is 33.2 Å². The summed E-state index contributed by atoms with van der Waals surface area (Å²) in [6, 6.07) is 8.08. The van der Waals surface area contributed by atoms with Crippen LogP contribution in [0.25, 0.3) is 10.2 Å². The van der Waals surface area contributed by atoms with Gasteiger partial charge in [-0.2, -0.15) is 0 Å². The molecule has 8 heteroatoms. The van der Waals surface area contributed by atoms with E-state index in [1.807, 2.05) is 45.9 Å². The first-order valence-corrected chi connectivity index (χ1v) is 9.61. The SMILES string of the molecule is CCNC(=NCC(=O)NC(C)(C)C)NCCNc1nc2ccccc2s1. The number of aromatic nitrogens is 1. The van der Waals surface area contributed by atoms with Crippen LogP contribution in [0.4, 0.5) is 5.13 Å². The summed E-state index contributed by atoms with van der Waals surface area (Å²) in [5.41, 5.74) is 0.757. The number of benzene rings is 1. The number of hydrogen-bond donors (Lipinski definition) is 4. The number of nitrogens with zero attached hydrogens (tertiary/aromatic N) is 2. The smallest absolute Gasteiger partial charge is 0.242 e. The zero-order valence-corrected chi connectivity index (χ0v) is 16.7. The number of para-hydroxylation sites is 1. The van der Waals surface area contributed by atoms with Gasteiger partial charge in [0.1, 0.15) is 6.54 Å². The van der Waals surface area contributed by atoms with Crippen molar-refractivity contribution >= 4 is 38.6 Å². The maximum absolute atomic E-state index is 11.9. The lowest BCUT2D eigenvalue weighted by Crippen LogP contribution is -2.43. The van der Waals surface area contributed by atoms with E-state index in [0.717, 1.165) is 17.2 Å². The van der Waals surface area contributed by atoms with Gasteiger partial charge in [-0.1, -0.05) is 23.5 Å². The highest BCUT2D eigenvalue weighted by molar-refractivity contribution is 7.22. The Kier molecular flexibility index (Phi) is 7.20. The summed E-state index contributed by atoms with van der Waals surface area (Å²) < 4.78 is 1.17. The summed E-state index contributed by atoms with van der Waals surface area (Å²) in [6.07, 6.45) is 0. The van der Waals surface area contributed by atoms with Crippen LogP contribution in [-0.4, -0.2) is 48.6 Å². The molecule has 0 bridgehead atoms. The monoisotopic (exact) mass is 376 g/mol. The highest BCUT2D eigenvalue weighted by atomic mass is 32.1. The van der Waals surface area contributed by atoms with Gasteiger partial charge in [-0.05, 0) is 39.8 Å². The first kappa shape index (κ1) is 20.0. The predicted octanol–water partition coefficient (Wildman–Crippen LogP) is 2.18. The van der Waals surface area contributed by atoms with Gasteiger partial charge < -0.3 is 21.3 Å². The van der Waals surface area contributed by atoms with Gasteiger partial charge in [0.05, 0.1) is 10.2 Å². The molecule has 7 nitrogen and oxygen atoms in total. The number of fused-ring (bicyclic) bond motifs is 1. The van der Waals surface area contributed by atoms with E-state index in [-0.39, 0.29) is 18.0 Å². The van der Waals surface area contributed by atoms with Gasteiger partial charge in [-0.15, -0.1) is 0 Å². The molecule has 0 saturated heterocycles. The summed E-state index contributed by atoms with van der Waals surface area (Å²) in [5, 5.41) is 13.5. The summed E-state index contributed by atoms with van der Waals surface area (Å²) in [4.78, 5) is 20.7. The molecular weight excluding hydrogens is 348 g/mol. The Morgan fingerprint density at radius 3 is 2.65 bits per heavy atom. The molecule has 0 fully saturated rings. The highest BCUT2D eigenvalue weighted by Gasteiger charge is 2.13. The minimum absolute atomic E-state index is 0.0951. The fourth-order valence-corrected chi connectivity index (χ4v) is 3.14. The Morgan fingerprint density at radius 1 is 1.19 bits per heavy atom. The average Bonchev–Trinajstić information content (AvgIpc) is 2.97. The Balaban J connectivity index is 1.78. The number of thiazole rings is 1. The molecule has 4 N–H and O–H groups in total. The third-order valence-corrected chi connectivity index (χ3v) is 4.22. The van der Waals surface area contributed by atoms with Crippen LogP contribution in [0, 0.1) is 0 Å². The lowest BCUT2D eigenvalue weighted by Gasteiger charge is -2.20. The molecule has 0 unspecified atom stereocenters. The molecule has 2 rings (SSSR count). The fourth-order valence-electron chi connectivity index (χ4n) is 2.25. The molecule has 1 aromatic heterocycles. The first-order valence-electron chi connectivity index (χ1n) is 8.80. The number of aliphatic imine (C=N–C) groups is 1. The van der Waals surface area contributed by atoms with Crippen LogP contribution in [-0.2, 0) is 4.79 Å². The third-order valence-electron chi connectivity index (χ3n) is 3.23. The molecule has 1 heterocycles. The molecule has 2 aromatic rings. The number of rotatable bonds is 7. The van der Waals surface area contributed by atoms with E-state index >= 15 is 0 Å². The lowest BCUT2D eigenvalue weighted by molar-refractivity contribution is -0.121. The van der Waals surface area contributed by atoms with Crippen LogP contribution in [0.2, 0.25) is 0 Å². The van der Waals surface area contributed by atoms with Crippen molar-refractivity contribution in [1.82, 2.24) is 20.9 Å². The summed E-state index contributed by atoms with van der Waals surface area (Å²) >= 11 is 1.64. The largest absolute Gasteiger partial charge is 0.360 e. The number of carbonyl (C=O) groups excluding carboxylic acids is 1. The number of carbonyl (C=O) groups is 1. The van der Waals surface area contributed by atoms with Crippen LogP contribution < -0.4 is 21.3 Å². The van der Waals surface area contributed by atoms with Gasteiger partial charge in [-0.25, -0.2) is 9.98 Å². The Labute approximate surface area is 158 Å². The molecule has 1 amide bonds. The van der Waals surface area contributed by atoms with E-state index in [1.165, 1.54) is 4.70 Å². The highest BCUT2D eigenvalue weighted by Crippen LogP contribution is 2.24. The van der Waals surface area contributed by atoms with E-state index in [0.29, 0.717) is 19.0 Å². The standard InChI is InChI=1S/C18H28N6OS/c1-5-19-16(22-12-15(25)24-18(2,3)4)20-10-11-21-17-23-13-8-6-7-9-14(13)26-17/h6-9H,5,10-12H2,1-4H3,(H,21,23)(H,24,25)(H2,19,20,22). The summed E-state index contributed by atoms with van der Waals surface area (Å²) in [5.74, 6) is 0.532. The molecule has 0 atom stereocenters. The van der Waals surface area contributed by atoms with Crippen LogP contribution in [0.15, 0.2) is 29.3 Å². The van der Waals surface area contributed by atoms with Crippen LogP contribution in [0.1, 0.15) is 27.7 Å². The van der Waals surface area contributed by atoms with Crippen LogP contribution in [0.5, 0.6) is 0 Å². The van der Waals surface area contributed by atoms with Crippen molar-refractivity contribution in [2.24, 2.45) is 4.99 Å². The first-order chi connectivity index (χ1) is 12.4. The summed E-state index contributed by atoms with van der Waals surface area (Å²) in [6.45, 7) is 10.0. The Hall–Kier alpha value is -2.35. The van der Waals surface area contributed by atoms with E-state index in [1.54, 1.807) is 11.3 Å². The molecule has 1 aromatic carbocycles. The molecule has 0 aliphatic carbocycles. The maximum Gasteiger partial charge on any atom is 0.242 e. The Bertz CT molecular complexity index is 716. The van der Waals surface area contributed by atoms with Crippen LogP contribution >= 0.6 is 11.3 Å². The minimum atomic E-state index is -0.250. The average molecular weight is 377 g/mol. The number of nitrogens with one attached hydrogen (secondary N) is 4. The predicted molar refractivity (Wildman–Crippen MR) is 110 cm³/mol. The van der Waals surface area contributed by atoms with Crippen molar-refractivity contribution < 1.29 is 4.79 Å². The topological polar surface area (TPSA) is 90.4 Å². The molecular formula is C18H28N6OS. The number of amides is 1. The number of guanidine groups is 1. The molecule has 0 saturated carbocycles. The quantitative estimate of drug-likeness (QED) is 0.338. The van der Waals surface area contributed by atoms with E-state index in [9.17, 15) is 4.79 Å². The van der Waals surface area contributed by atoms with E-state index in [4.69, 9.17) is 0 Å². The normalized spacial score (nSPS) is 12.1. The van der Waals surface area contributed by atoms with Gasteiger partial charge in [0.15, 0.2) is 11.1 Å². The van der Waals surface area contributed by atoms with E-state index < -0.39 is 0 Å². The van der Waals surface area contributed by atoms with Crippen molar-refractivity contribution in [3.05, 3.63) is 24.3 Å².